The zero-order valence-electron chi connectivity index (χ0n) is 12.6. The molecule has 2 nitrogen and oxygen atoms in total. The molecule has 0 radical (unpaired) electrons. The van der Waals surface area contributed by atoms with Gasteiger partial charge in [0.05, 0.1) is 5.56 Å². The summed E-state index contributed by atoms with van der Waals surface area (Å²) < 4.78 is 79.8. The number of halogens is 6. The van der Waals surface area contributed by atoms with Crippen LogP contribution in [0.2, 0.25) is 0 Å². The largest absolute Gasteiger partial charge is 0.483 e. The van der Waals surface area contributed by atoms with Gasteiger partial charge in [-0.1, -0.05) is 24.3 Å². The third-order valence-electron chi connectivity index (χ3n) is 3.28. The van der Waals surface area contributed by atoms with E-state index in [0.717, 1.165) is 24.3 Å². The second-order valence-electron chi connectivity index (χ2n) is 5.18. The third kappa shape index (κ3) is 5.23. The van der Waals surface area contributed by atoms with Crippen molar-refractivity contribution in [2.24, 2.45) is 0 Å². The second kappa shape index (κ2) is 7.16. The van der Waals surface area contributed by atoms with E-state index in [1.807, 2.05) is 0 Å². The van der Waals surface area contributed by atoms with Crippen LogP contribution in [0, 0.1) is 0 Å². The Bertz CT molecular complexity index is 732. The van der Waals surface area contributed by atoms with Crippen LogP contribution in [0.3, 0.4) is 0 Å². The third-order valence-corrected chi connectivity index (χ3v) is 3.28. The Labute approximate surface area is 139 Å². The topological polar surface area (TPSA) is 26.3 Å². The average Bonchev–Trinajstić information content (AvgIpc) is 2.52. The lowest BCUT2D eigenvalue weighted by Crippen LogP contribution is -2.19. The van der Waals surface area contributed by atoms with Crippen LogP contribution in [0.25, 0.3) is 11.1 Å². The van der Waals surface area contributed by atoms with Crippen molar-refractivity contribution in [1.82, 2.24) is 0 Å². The molecule has 0 aliphatic heterocycles. The molecule has 2 aromatic rings. The summed E-state index contributed by atoms with van der Waals surface area (Å²) in [5.41, 5.74) is 0.0323. The Morgan fingerprint density at radius 2 is 1.56 bits per heavy atom. The molecule has 0 aromatic heterocycles. The number of ether oxygens (including phenoxy) is 1. The maximum atomic E-state index is 12.6. The molecule has 0 N–H and O–H groups in total. The number of hydrogen-bond donors (Lipinski definition) is 0. The molecule has 0 aliphatic carbocycles. The molecule has 2 rings (SSSR count). The van der Waals surface area contributed by atoms with Crippen LogP contribution in [0.4, 0.5) is 26.3 Å². The minimum atomic E-state index is -4.57. The number of rotatable bonds is 5. The Balaban J connectivity index is 2.39. The molecule has 0 saturated heterocycles. The van der Waals surface area contributed by atoms with Gasteiger partial charge in [-0.3, -0.25) is 0 Å². The normalized spacial score (nSPS) is 12.1. The Morgan fingerprint density at radius 1 is 0.920 bits per heavy atom. The molecule has 134 valence electrons. The fourth-order valence-corrected chi connectivity index (χ4v) is 2.15. The molecule has 0 aliphatic rings. The van der Waals surface area contributed by atoms with Crippen molar-refractivity contribution in [3.05, 3.63) is 53.6 Å². The van der Waals surface area contributed by atoms with Crippen LogP contribution in [0.1, 0.15) is 11.1 Å². The molecule has 0 amide bonds. The monoisotopic (exact) mass is 362 g/mol. The van der Waals surface area contributed by atoms with E-state index in [9.17, 15) is 31.1 Å². The predicted octanol–water partition coefficient (Wildman–Crippen LogP) is 5.05. The standard InChI is InChI=1S/C17H12F6O2/c18-16(19,20)10-25-15-9-11(7-8-24)1-6-14(15)12-2-4-13(5-3-12)17(21,22)23/h1-6,8-9H,7,10H2. The van der Waals surface area contributed by atoms with Gasteiger partial charge in [0, 0.05) is 12.0 Å². The van der Waals surface area contributed by atoms with Crippen molar-refractivity contribution in [2.75, 3.05) is 6.61 Å². The lowest BCUT2D eigenvalue weighted by Gasteiger charge is -2.15. The van der Waals surface area contributed by atoms with E-state index in [4.69, 9.17) is 4.74 Å². The highest BCUT2D eigenvalue weighted by molar-refractivity contribution is 5.72. The van der Waals surface area contributed by atoms with Gasteiger partial charge in [-0.25, -0.2) is 0 Å². The second-order valence-corrected chi connectivity index (χ2v) is 5.18. The molecular weight excluding hydrogens is 350 g/mol. The zero-order valence-corrected chi connectivity index (χ0v) is 12.6. The van der Waals surface area contributed by atoms with Gasteiger partial charge in [-0.05, 0) is 29.3 Å². The summed E-state index contributed by atoms with van der Waals surface area (Å²) in [6.07, 6.45) is -8.52. The summed E-state index contributed by atoms with van der Waals surface area (Å²) in [7, 11) is 0. The van der Waals surface area contributed by atoms with E-state index in [1.54, 1.807) is 0 Å². The molecule has 0 atom stereocenters. The smallest absolute Gasteiger partial charge is 0.422 e. The number of benzene rings is 2. The van der Waals surface area contributed by atoms with Gasteiger partial charge in [0.25, 0.3) is 0 Å². The van der Waals surface area contributed by atoms with Crippen LogP contribution in [-0.2, 0) is 17.4 Å². The van der Waals surface area contributed by atoms with Gasteiger partial charge >= 0.3 is 12.4 Å². The summed E-state index contributed by atoms with van der Waals surface area (Å²) in [5.74, 6) is -0.156. The quantitative estimate of drug-likeness (QED) is 0.549. The van der Waals surface area contributed by atoms with Gasteiger partial charge in [0.1, 0.15) is 12.0 Å². The van der Waals surface area contributed by atoms with E-state index >= 15 is 0 Å². The number of carbonyl (C=O) groups excluding carboxylic acids is 1. The molecule has 2 aromatic carbocycles. The predicted molar refractivity (Wildman–Crippen MR) is 78.2 cm³/mol. The molecular formula is C17H12F6O2. The molecule has 0 heterocycles. The molecule has 0 unspecified atom stereocenters. The van der Waals surface area contributed by atoms with E-state index in [1.165, 1.54) is 18.2 Å². The van der Waals surface area contributed by atoms with E-state index < -0.39 is 24.5 Å². The Kier molecular flexibility index (Phi) is 5.39. The molecule has 8 heteroatoms. The number of carbonyl (C=O) groups is 1. The lowest BCUT2D eigenvalue weighted by molar-refractivity contribution is -0.153. The Hall–Kier alpha value is -2.51. The van der Waals surface area contributed by atoms with Gasteiger partial charge in [0.2, 0.25) is 0 Å². The van der Waals surface area contributed by atoms with Crippen LogP contribution in [0.15, 0.2) is 42.5 Å². The highest BCUT2D eigenvalue weighted by Crippen LogP contribution is 2.35. The first-order valence-corrected chi connectivity index (χ1v) is 7.04. The van der Waals surface area contributed by atoms with Crippen molar-refractivity contribution < 1.29 is 35.9 Å². The van der Waals surface area contributed by atoms with E-state index in [2.05, 4.69) is 0 Å². The van der Waals surface area contributed by atoms with Crippen molar-refractivity contribution in [3.63, 3.8) is 0 Å². The molecule has 0 fully saturated rings. The maximum Gasteiger partial charge on any atom is 0.422 e. The van der Waals surface area contributed by atoms with Gasteiger partial charge < -0.3 is 9.53 Å². The SMILES string of the molecule is O=CCc1ccc(-c2ccc(C(F)(F)F)cc2)c(OCC(F)(F)F)c1. The average molecular weight is 362 g/mol. The minimum absolute atomic E-state index is 0.0182. The van der Waals surface area contributed by atoms with Crippen LogP contribution < -0.4 is 4.74 Å². The highest BCUT2D eigenvalue weighted by Gasteiger charge is 2.31. The number of hydrogen-bond acceptors (Lipinski definition) is 2. The molecule has 0 spiro atoms. The summed E-state index contributed by atoms with van der Waals surface area (Å²) in [5, 5.41) is 0. The Morgan fingerprint density at radius 3 is 2.08 bits per heavy atom. The van der Waals surface area contributed by atoms with Gasteiger partial charge in [-0.15, -0.1) is 0 Å². The highest BCUT2D eigenvalue weighted by atomic mass is 19.4. The van der Waals surface area contributed by atoms with Crippen LogP contribution in [-0.4, -0.2) is 19.1 Å². The summed E-state index contributed by atoms with van der Waals surface area (Å²) in [6, 6.07) is 8.16. The summed E-state index contributed by atoms with van der Waals surface area (Å²) in [4.78, 5) is 10.6. The van der Waals surface area contributed by atoms with E-state index in [-0.39, 0.29) is 23.3 Å². The fourth-order valence-electron chi connectivity index (χ4n) is 2.15. The molecule has 0 saturated carbocycles. The van der Waals surface area contributed by atoms with Gasteiger partial charge in [-0.2, -0.15) is 26.3 Å². The number of alkyl halides is 6. The van der Waals surface area contributed by atoms with Crippen molar-refractivity contribution >= 4 is 6.29 Å². The summed E-state index contributed by atoms with van der Waals surface area (Å²) >= 11 is 0. The maximum absolute atomic E-state index is 12.6. The first kappa shape index (κ1) is 18.8. The lowest BCUT2D eigenvalue weighted by atomic mass is 10.0. The zero-order chi connectivity index (χ0) is 18.7. The summed E-state index contributed by atoms with van der Waals surface area (Å²) in [6.45, 7) is -1.55. The minimum Gasteiger partial charge on any atom is -0.483 e. The van der Waals surface area contributed by atoms with Gasteiger partial charge in [0.15, 0.2) is 6.61 Å². The van der Waals surface area contributed by atoms with Crippen molar-refractivity contribution in [2.45, 2.75) is 18.8 Å². The first-order valence-electron chi connectivity index (χ1n) is 7.04. The van der Waals surface area contributed by atoms with Crippen LogP contribution in [0.5, 0.6) is 5.75 Å². The van der Waals surface area contributed by atoms with Crippen molar-refractivity contribution in [3.8, 4) is 16.9 Å². The fraction of sp³-hybridized carbons (Fsp3) is 0.235. The first-order chi connectivity index (χ1) is 11.6. The van der Waals surface area contributed by atoms with Crippen LogP contribution >= 0.6 is 0 Å². The number of aldehydes is 1. The molecule has 25 heavy (non-hydrogen) atoms. The molecule has 0 bridgehead atoms. The van der Waals surface area contributed by atoms with E-state index in [0.29, 0.717) is 11.8 Å². The van der Waals surface area contributed by atoms with Crippen molar-refractivity contribution in [1.29, 1.82) is 0 Å².